The zero-order valence-electron chi connectivity index (χ0n) is 13.0. The molecule has 1 aromatic carbocycles. The molecular formula is C16H22N2O3. The van der Waals surface area contributed by atoms with Crippen molar-refractivity contribution in [1.29, 1.82) is 0 Å². The van der Waals surface area contributed by atoms with Gasteiger partial charge in [-0.1, -0.05) is 26.0 Å². The molecule has 0 bridgehead atoms. The number of benzene rings is 1. The van der Waals surface area contributed by atoms with Crippen molar-refractivity contribution in [1.82, 2.24) is 10.2 Å². The van der Waals surface area contributed by atoms with Gasteiger partial charge in [-0.3, -0.25) is 14.5 Å². The first-order valence-electron chi connectivity index (χ1n) is 7.05. The third kappa shape index (κ3) is 3.08. The molecule has 114 valence electrons. The monoisotopic (exact) mass is 290 g/mol. The minimum absolute atomic E-state index is 0.0855. The Balaban J connectivity index is 2.15. The van der Waals surface area contributed by atoms with E-state index < -0.39 is 5.41 Å². The summed E-state index contributed by atoms with van der Waals surface area (Å²) < 4.78 is 5.14. The summed E-state index contributed by atoms with van der Waals surface area (Å²) in [7, 11) is 3.44. The second kappa shape index (κ2) is 5.85. The summed E-state index contributed by atoms with van der Waals surface area (Å²) in [5.41, 5.74) is 0.429. The van der Waals surface area contributed by atoms with Crippen molar-refractivity contribution in [3.8, 4) is 5.75 Å². The van der Waals surface area contributed by atoms with E-state index in [4.69, 9.17) is 4.74 Å². The predicted octanol–water partition coefficient (Wildman–Crippen LogP) is 1.74. The number of rotatable bonds is 5. The van der Waals surface area contributed by atoms with Crippen LogP contribution in [0.25, 0.3) is 0 Å². The van der Waals surface area contributed by atoms with E-state index in [2.05, 4.69) is 5.32 Å². The van der Waals surface area contributed by atoms with Gasteiger partial charge in [-0.2, -0.15) is 0 Å². The van der Waals surface area contributed by atoms with E-state index in [-0.39, 0.29) is 24.3 Å². The number of likely N-dealkylation sites (N-methyl/N-ethyl adjacent to an activating group) is 1. The van der Waals surface area contributed by atoms with Gasteiger partial charge in [0.1, 0.15) is 5.75 Å². The maximum Gasteiger partial charge on any atom is 0.235 e. The average Bonchev–Trinajstić information content (AvgIpc) is 2.66. The summed E-state index contributed by atoms with van der Waals surface area (Å²) in [5.74, 6) is 0.586. The molecule has 1 saturated heterocycles. The molecule has 1 aliphatic heterocycles. The van der Waals surface area contributed by atoms with Crippen molar-refractivity contribution in [2.45, 2.75) is 26.3 Å². The molecule has 0 aliphatic carbocycles. The third-order valence-corrected chi connectivity index (χ3v) is 3.95. The Morgan fingerprint density at radius 2 is 1.90 bits per heavy atom. The Morgan fingerprint density at radius 1 is 1.29 bits per heavy atom. The van der Waals surface area contributed by atoms with Crippen molar-refractivity contribution < 1.29 is 14.3 Å². The Kier molecular flexibility index (Phi) is 4.32. The fourth-order valence-corrected chi connectivity index (χ4v) is 2.59. The van der Waals surface area contributed by atoms with E-state index in [9.17, 15) is 9.59 Å². The summed E-state index contributed by atoms with van der Waals surface area (Å²) in [6.07, 6.45) is 0.283. The van der Waals surface area contributed by atoms with Gasteiger partial charge in [0.25, 0.3) is 0 Å². The van der Waals surface area contributed by atoms with E-state index in [0.717, 1.165) is 11.3 Å². The van der Waals surface area contributed by atoms with E-state index in [1.807, 2.05) is 45.2 Å². The summed E-state index contributed by atoms with van der Waals surface area (Å²) >= 11 is 0. The molecule has 1 N–H and O–H groups in total. The molecule has 0 aromatic heterocycles. The van der Waals surface area contributed by atoms with Crippen LogP contribution in [0, 0.1) is 5.41 Å². The summed E-state index contributed by atoms with van der Waals surface area (Å²) in [6, 6.07) is 7.54. The maximum atomic E-state index is 12.3. The van der Waals surface area contributed by atoms with Crippen molar-refractivity contribution in [3.05, 3.63) is 29.8 Å². The molecule has 0 radical (unpaired) electrons. The number of imide groups is 1. The van der Waals surface area contributed by atoms with Crippen molar-refractivity contribution in [2.75, 3.05) is 20.7 Å². The van der Waals surface area contributed by atoms with Crippen LogP contribution in [0.5, 0.6) is 5.75 Å². The van der Waals surface area contributed by atoms with Crippen LogP contribution >= 0.6 is 0 Å². The van der Waals surface area contributed by atoms with Gasteiger partial charge in [-0.05, 0) is 24.7 Å². The van der Waals surface area contributed by atoms with Crippen LogP contribution < -0.4 is 10.1 Å². The lowest BCUT2D eigenvalue weighted by atomic mass is 9.92. The smallest absolute Gasteiger partial charge is 0.235 e. The fraction of sp³-hybridized carbons (Fsp3) is 0.500. The summed E-state index contributed by atoms with van der Waals surface area (Å²) in [6.45, 7) is 3.98. The zero-order chi connectivity index (χ0) is 15.6. The number of hydrogen-bond acceptors (Lipinski definition) is 4. The molecule has 1 fully saturated rings. The van der Waals surface area contributed by atoms with Crippen LogP contribution in [0.15, 0.2) is 24.3 Å². The molecular weight excluding hydrogens is 268 g/mol. The van der Waals surface area contributed by atoms with Crippen LogP contribution in [0.4, 0.5) is 0 Å². The minimum atomic E-state index is -0.588. The lowest BCUT2D eigenvalue weighted by Gasteiger charge is -2.24. The number of carbonyl (C=O) groups excluding carboxylic acids is 2. The lowest BCUT2D eigenvalue weighted by Crippen LogP contribution is -2.39. The molecule has 2 rings (SSSR count). The highest BCUT2D eigenvalue weighted by molar-refractivity contribution is 6.05. The molecule has 1 aliphatic rings. The summed E-state index contributed by atoms with van der Waals surface area (Å²) in [5, 5.41) is 3.16. The van der Waals surface area contributed by atoms with Crippen LogP contribution in [0.2, 0.25) is 0 Å². The molecule has 0 spiro atoms. The number of hydrogen-bond donors (Lipinski definition) is 1. The third-order valence-electron chi connectivity index (χ3n) is 3.95. The first kappa shape index (κ1) is 15.5. The fourth-order valence-electron chi connectivity index (χ4n) is 2.59. The Bertz CT molecular complexity index is 537. The van der Waals surface area contributed by atoms with E-state index in [1.165, 1.54) is 4.90 Å². The second-order valence-corrected chi connectivity index (χ2v) is 5.98. The van der Waals surface area contributed by atoms with Crippen LogP contribution in [0.3, 0.4) is 0 Å². The highest BCUT2D eigenvalue weighted by atomic mass is 16.5. The molecule has 1 unspecified atom stereocenters. The van der Waals surface area contributed by atoms with Gasteiger partial charge < -0.3 is 10.1 Å². The quantitative estimate of drug-likeness (QED) is 0.839. The molecule has 5 nitrogen and oxygen atoms in total. The number of likely N-dealkylation sites (tertiary alicyclic amines) is 1. The Labute approximate surface area is 125 Å². The van der Waals surface area contributed by atoms with Crippen LogP contribution in [-0.2, 0) is 9.59 Å². The van der Waals surface area contributed by atoms with E-state index >= 15 is 0 Å². The van der Waals surface area contributed by atoms with Gasteiger partial charge in [-0.15, -0.1) is 0 Å². The molecule has 1 atom stereocenters. The second-order valence-electron chi connectivity index (χ2n) is 5.98. The number of carbonyl (C=O) groups is 2. The van der Waals surface area contributed by atoms with Gasteiger partial charge in [0.2, 0.25) is 11.8 Å². The number of nitrogens with zero attached hydrogens (tertiary/aromatic N) is 1. The largest absolute Gasteiger partial charge is 0.497 e. The molecule has 1 aromatic rings. The van der Waals surface area contributed by atoms with E-state index in [0.29, 0.717) is 6.54 Å². The van der Waals surface area contributed by atoms with Crippen molar-refractivity contribution in [2.24, 2.45) is 5.41 Å². The van der Waals surface area contributed by atoms with Gasteiger partial charge in [-0.25, -0.2) is 0 Å². The maximum absolute atomic E-state index is 12.3. The molecule has 0 saturated carbocycles. The van der Waals surface area contributed by atoms with Gasteiger partial charge in [0, 0.05) is 13.0 Å². The number of methoxy groups -OCH3 is 1. The average molecular weight is 290 g/mol. The Hall–Kier alpha value is -1.88. The predicted molar refractivity (Wildman–Crippen MR) is 79.9 cm³/mol. The standard InChI is InChI=1S/C16H22N2O3/c1-16(2)9-14(19)18(15(16)20)10-13(17-3)11-5-7-12(21-4)8-6-11/h5-8,13,17H,9-10H2,1-4H3. The lowest BCUT2D eigenvalue weighted by molar-refractivity contribution is -0.141. The Morgan fingerprint density at radius 3 is 2.33 bits per heavy atom. The topological polar surface area (TPSA) is 58.6 Å². The van der Waals surface area contributed by atoms with Gasteiger partial charge in [0.05, 0.1) is 18.6 Å². The SMILES string of the molecule is CNC(CN1C(=O)CC(C)(C)C1=O)c1ccc(OC)cc1. The highest BCUT2D eigenvalue weighted by Gasteiger charge is 2.45. The van der Waals surface area contributed by atoms with Crippen molar-refractivity contribution >= 4 is 11.8 Å². The molecule has 5 heteroatoms. The van der Waals surface area contributed by atoms with Crippen molar-refractivity contribution in [3.63, 3.8) is 0 Å². The molecule has 21 heavy (non-hydrogen) atoms. The number of amides is 2. The number of ether oxygens (including phenoxy) is 1. The summed E-state index contributed by atoms with van der Waals surface area (Å²) in [4.78, 5) is 25.7. The normalized spacial score (nSPS) is 19.0. The first-order chi connectivity index (χ1) is 9.89. The minimum Gasteiger partial charge on any atom is -0.497 e. The number of nitrogens with one attached hydrogen (secondary N) is 1. The zero-order valence-corrected chi connectivity index (χ0v) is 13.0. The highest BCUT2D eigenvalue weighted by Crippen LogP contribution is 2.32. The van der Waals surface area contributed by atoms with Gasteiger partial charge >= 0.3 is 0 Å². The first-order valence-corrected chi connectivity index (χ1v) is 7.05. The van der Waals surface area contributed by atoms with Crippen LogP contribution in [-0.4, -0.2) is 37.4 Å². The van der Waals surface area contributed by atoms with E-state index in [1.54, 1.807) is 7.11 Å². The molecule has 1 heterocycles. The van der Waals surface area contributed by atoms with Crippen LogP contribution in [0.1, 0.15) is 31.9 Å². The molecule has 2 amide bonds. The van der Waals surface area contributed by atoms with Gasteiger partial charge in [0.15, 0.2) is 0 Å².